The predicted octanol–water partition coefficient (Wildman–Crippen LogP) is 2.02. The van der Waals surface area contributed by atoms with E-state index in [1.807, 2.05) is 18.0 Å². The fraction of sp³-hybridized carbons (Fsp3) is 0.583. The molecule has 3 nitrogen and oxygen atoms in total. The molecule has 1 N–H and O–H groups in total. The lowest BCUT2D eigenvalue weighted by Gasteiger charge is -2.26. The highest BCUT2D eigenvalue weighted by Gasteiger charge is 2.27. The third-order valence-electron chi connectivity index (χ3n) is 3.24. The van der Waals surface area contributed by atoms with Gasteiger partial charge in [-0.25, -0.2) is 0 Å². The molecule has 0 aromatic carbocycles. The highest BCUT2D eigenvalue weighted by molar-refractivity contribution is 7.10. The number of amides is 1. The lowest BCUT2D eigenvalue weighted by molar-refractivity contribution is -0.133. The summed E-state index contributed by atoms with van der Waals surface area (Å²) in [5, 5.41) is 5.30. The number of carbonyl (C=O) groups is 1. The summed E-state index contributed by atoms with van der Waals surface area (Å²) in [4.78, 5) is 15.3. The number of hydrogen-bond donors (Lipinski definition) is 1. The van der Waals surface area contributed by atoms with Crippen LogP contribution in [0, 0.1) is 0 Å². The van der Waals surface area contributed by atoms with Gasteiger partial charge in [-0.05, 0) is 37.8 Å². The second-order valence-corrected chi connectivity index (χ2v) is 5.27. The second kappa shape index (κ2) is 4.97. The van der Waals surface area contributed by atoms with Crippen LogP contribution in [0.2, 0.25) is 0 Å². The van der Waals surface area contributed by atoms with Gasteiger partial charge in [0, 0.05) is 11.9 Å². The van der Waals surface area contributed by atoms with Crippen molar-refractivity contribution in [1.29, 1.82) is 0 Å². The molecule has 0 bridgehead atoms. The Morgan fingerprint density at radius 2 is 2.50 bits per heavy atom. The van der Waals surface area contributed by atoms with Crippen molar-refractivity contribution in [2.75, 3.05) is 13.6 Å². The first-order valence-corrected chi connectivity index (χ1v) is 6.61. The number of hydrogen-bond acceptors (Lipinski definition) is 3. The van der Waals surface area contributed by atoms with Gasteiger partial charge in [0.1, 0.15) is 0 Å². The van der Waals surface area contributed by atoms with E-state index in [1.165, 1.54) is 4.88 Å². The minimum absolute atomic E-state index is 0.0346. The van der Waals surface area contributed by atoms with Crippen molar-refractivity contribution in [3.63, 3.8) is 0 Å². The molecule has 2 heterocycles. The minimum atomic E-state index is 0.0346. The molecule has 1 amide bonds. The number of rotatable bonds is 3. The maximum atomic E-state index is 12.2. The van der Waals surface area contributed by atoms with E-state index in [1.54, 1.807) is 11.3 Å². The van der Waals surface area contributed by atoms with Crippen molar-refractivity contribution in [3.8, 4) is 0 Å². The highest BCUT2D eigenvalue weighted by atomic mass is 32.1. The van der Waals surface area contributed by atoms with Crippen molar-refractivity contribution in [2.45, 2.75) is 31.8 Å². The smallest absolute Gasteiger partial charge is 0.239 e. The highest BCUT2D eigenvalue weighted by Crippen LogP contribution is 2.24. The quantitative estimate of drug-likeness (QED) is 0.873. The summed E-state index contributed by atoms with van der Waals surface area (Å²) in [6.07, 6.45) is 2.08. The lowest BCUT2D eigenvalue weighted by Crippen LogP contribution is -2.42. The molecule has 1 aliphatic heterocycles. The molecular formula is C12H18N2OS. The van der Waals surface area contributed by atoms with Gasteiger partial charge in [0.25, 0.3) is 0 Å². The van der Waals surface area contributed by atoms with Crippen LogP contribution in [0.1, 0.15) is 30.7 Å². The first kappa shape index (κ1) is 11.6. The molecule has 4 heteroatoms. The summed E-state index contributed by atoms with van der Waals surface area (Å²) in [6, 6.07) is 4.33. The Hall–Kier alpha value is -0.870. The molecule has 0 radical (unpaired) electrons. The molecule has 0 aliphatic carbocycles. The molecular weight excluding hydrogens is 220 g/mol. The summed E-state index contributed by atoms with van der Waals surface area (Å²) < 4.78 is 0. The molecule has 0 saturated carbocycles. The Morgan fingerprint density at radius 3 is 3.06 bits per heavy atom. The molecule has 2 atom stereocenters. The van der Waals surface area contributed by atoms with Crippen molar-refractivity contribution in [3.05, 3.63) is 22.4 Å². The number of nitrogens with one attached hydrogen (secondary N) is 1. The maximum absolute atomic E-state index is 12.2. The zero-order valence-corrected chi connectivity index (χ0v) is 10.6. The normalized spacial score (nSPS) is 22.0. The number of likely N-dealkylation sites (N-methyl/N-ethyl adjacent to an activating group) is 1. The molecule has 1 fully saturated rings. The van der Waals surface area contributed by atoms with E-state index in [-0.39, 0.29) is 18.0 Å². The Kier molecular flexibility index (Phi) is 3.61. The Labute approximate surface area is 100 Å². The van der Waals surface area contributed by atoms with Crippen LogP contribution in [0.3, 0.4) is 0 Å². The van der Waals surface area contributed by atoms with Crippen LogP contribution in [0.4, 0.5) is 0 Å². The van der Waals surface area contributed by atoms with Gasteiger partial charge < -0.3 is 10.2 Å². The predicted molar refractivity (Wildman–Crippen MR) is 66.5 cm³/mol. The van der Waals surface area contributed by atoms with Crippen LogP contribution in [0.5, 0.6) is 0 Å². The van der Waals surface area contributed by atoms with Crippen LogP contribution in [-0.2, 0) is 4.79 Å². The number of nitrogens with zero attached hydrogens (tertiary/aromatic N) is 1. The average molecular weight is 238 g/mol. The summed E-state index contributed by atoms with van der Waals surface area (Å²) in [6.45, 7) is 3.05. The molecule has 2 unspecified atom stereocenters. The summed E-state index contributed by atoms with van der Waals surface area (Å²) in [5.41, 5.74) is 0. The summed E-state index contributed by atoms with van der Waals surface area (Å²) in [7, 11) is 1.90. The van der Waals surface area contributed by atoms with Gasteiger partial charge in [-0.15, -0.1) is 11.3 Å². The van der Waals surface area contributed by atoms with Crippen LogP contribution >= 0.6 is 11.3 Å². The van der Waals surface area contributed by atoms with E-state index in [0.29, 0.717) is 0 Å². The van der Waals surface area contributed by atoms with Crippen LogP contribution in [0.25, 0.3) is 0 Å². The first-order valence-electron chi connectivity index (χ1n) is 5.73. The van der Waals surface area contributed by atoms with Crippen molar-refractivity contribution in [2.24, 2.45) is 0 Å². The molecule has 1 aliphatic rings. The molecule has 2 rings (SSSR count). The van der Waals surface area contributed by atoms with Crippen LogP contribution < -0.4 is 5.32 Å². The fourth-order valence-electron chi connectivity index (χ4n) is 2.05. The van der Waals surface area contributed by atoms with Crippen LogP contribution in [-0.4, -0.2) is 30.4 Å². The number of thiophene rings is 1. The lowest BCUT2D eigenvalue weighted by atomic mass is 10.1. The van der Waals surface area contributed by atoms with E-state index >= 15 is 0 Å². The zero-order valence-electron chi connectivity index (χ0n) is 9.77. The Morgan fingerprint density at radius 1 is 1.69 bits per heavy atom. The second-order valence-electron chi connectivity index (χ2n) is 4.29. The standard InChI is InChI=1S/C12H18N2OS/c1-9(11-6-4-8-16-11)14(2)12(15)10-5-3-7-13-10/h4,6,8-10,13H,3,5,7H2,1-2H3. The van der Waals surface area contributed by atoms with Gasteiger partial charge in [-0.1, -0.05) is 6.07 Å². The van der Waals surface area contributed by atoms with E-state index < -0.39 is 0 Å². The molecule has 1 saturated heterocycles. The van der Waals surface area contributed by atoms with Gasteiger partial charge in [0.05, 0.1) is 12.1 Å². The largest absolute Gasteiger partial charge is 0.337 e. The average Bonchev–Trinajstić information content (AvgIpc) is 2.97. The van der Waals surface area contributed by atoms with Gasteiger partial charge in [-0.3, -0.25) is 4.79 Å². The van der Waals surface area contributed by atoms with Crippen LogP contribution in [0.15, 0.2) is 17.5 Å². The van der Waals surface area contributed by atoms with Crippen molar-refractivity contribution >= 4 is 17.2 Å². The monoisotopic (exact) mass is 238 g/mol. The molecule has 16 heavy (non-hydrogen) atoms. The Balaban J connectivity index is 2.01. The maximum Gasteiger partial charge on any atom is 0.239 e. The Bertz CT molecular complexity index is 344. The topological polar surface area (TPSA) is 32.3 Å². The van der Waals surface area contributed by atoms with Gasteiger partial charge in [-0.2, -0.15) is 0 Å². The van der Waals surface area contributed by atoms with E-state index in [0.717, 1.165) is 19.4 Å². The zero-order chi connectivity index (χ0) is 11.5. The van der Waals surface area contributed by atoms with Crippen molar-refractivity contribution in [1.82, 2.24) is 10.2 Å². The summed E-state index contributed by atoms with van der Waals surface area (Å²) >= 11 is 1.71. The molecule has 1 aromatic heterocycles. The number of carbonyl (C=O) groups excluding carboxylic acids is 1. The van der Waals surface area contributed by atoms with Gasteiger partial charge >= 0.3 is 0 Å². The third-order valence-corrected chi connectivity index (χ3v) is 4.28. The van der Waals surface area contributed by atoms with Crippen molar-refractivity contribution < 1.29 is 4.79 Å². The minimum Gasteiger partial charge on any atom is -0.337 e. The van der Waals surface area contributed by atoms with E-state index in [2.05, 4.69) is 23.7 Å². The van der Waals surface area contributed by atoms with E-state index in [4.69, 9.17) is 0 Å². The van der Waals surface area contributed by atoms with E-state index in [9.17, 15) is 4.79 Å². The first-order chi connectivity index (χ1) is 7.70. The SMILES string of the molecule is CC(c1cccs1)N(C)C(=O)C1CCCN1. The molecule has 88 valence electrons. The fourth-order valence-corrected chi connectivity index (χ4v) is 2.88. The van der Waals surface area contributed by atoms with Gasteiger partial charge in [0.15, 0.2) is 0 Å². The molecule has 1 aromatic rings. The third kappa shape index (κ3) is 2.28. The molecule has 0 spiro atoms. The summed E-state index contributed by atoms with van der Waals surface area (Å²) in [5.74, 6) is 0.221. The van der Waals surface area contributed by atoms with Gasteiger partial charge in [0.2, 0.25) is 5.91 Å².